The molecule has 0 unspecified atom stereocenters. The zero-order valence-electron chi connectivity index (χ0n) is 8.68. The molecule has 0 bridgehead atoms. The van der Waals surface area contributed by atoms with Gasteiger partial charge in [0.25, 0.3) is 0 Å². The average Bonchev–Trinajstić information content (AvgIpc) is 2.15. The van der Waals surface area contributed by atoms with Crippen molar-refractivity contribution in [1.29, 1.82) is 0 Å². The van der Waals surface area contributed by atoms with Gasteiger partial charge in [-0.1, -0.05) is 0 Å². The van der Waals surface area contributed by atoms with Gasteiger partial charge in [-0.05, 0) is 6.92 Å². The summed E-state index contributed by atoms with van der Waals surface area (Å²) in [6.07, 6.45) is -4.30. The van der Waals surface area contributed by atoms with Crippen molar-refractivity contribution in [3.05, 3.63) is 29.8 Å². The number of carbonyl (C=O) groups is 1. The summed E-state index contributed by atoms with van der Waals surface area (Å²) in [5, 5.41) is 0. The second-order valence-electron chi connectivity index (χ2n) is 2.94. The zero-order valence-corrected chi connectivity index (χ0v) is 8.68. The fourth-order valence-corrected chi connectivity index (χ4v) is 0.992. The molecule has 0 amide bonds. The first-order valence-corrected chi connectivity index (χ1v) is 4.55. The fourth-order valence-electron chi connectivity index (χ4n) is 0.992. The maximum Gasteiger partial charge on any atom is 0.502 e. The van der Waals surface area contributed by atoms with Crippen molar-refractivity contribution in [2.24, 2.45) is 0 Å². The highest BCUT2D eigenvalue weighted by Gasteiger charge is 2.44. The van der Waals surface area contributed by atoms with Gasteiger partial charge in [-0.2, -0.15) is 8.78 Å². The summed E-state index contributed by atoms with van der Waals surface area (Å²) in [4.78, 5) is 10.8. The first-order chi connectivity index (χ1) is 7.85. The van der Waals surface area contributed by atoms with E-state index in [0.717, 1.165) is 0 Å². The summed E-state index contributed by atoms with van der Waals surface area (Å²) < 4.78 is 59.3. The Bertz CT molecular complexity index is 400. The summed E-state index contributed by atoms with van der Waals surface area (Å²) in [5.41, 5.74) is 0. The van der Waals surface area contributed by atoms with Gasteiger partial charge in [0.1, 0.15) is 17.4 Å². The lowest BCUT2D eigenvalue weighted by atomic mass is 10.3. The third-order valence-electron chi connectivity index (χ3n) is 1.60. The van der Waals surface area contributed by atoms with Crippen LogP contribution < -0.4 is 4.74 Å². The molecule has 94 valence electrons. The number of halogens is 4. The number of hydrogen-bond donors (Lipinski definition) is 0. The molecule has 0 saturated carbocycles. The maximum atomic E-state index is 13.0. The van der Waals surface area contributed by atoms with E-state index in [2.05, 4.69) is 9.47 Å². The molecule has 0 spiro atoms. The summed E-state index contributed by atoms with van der Waals surface area (Å²) in [7, 11) is 0. The van der Waals surface area contributed by atoms with Crippen LogP contribution in [0, 0.1) is 11.6 Å². The van der Waals surface area contributed by atoms with E-state index in [-0.39, 0.29) is 6.61 Å². The monoisotopic (exact) mass is 252 g/mol. The molecule has 0 N–H and O–H groups in total. The summed E-state index contributed by atoms with van der Waals surface area (Å²) in [6.45, 7) is 1.06. The summed E-state index contributed by atoms with van der Waals surface area (Å²) >= 11 is 0. The van der Waals surface area contributed by atoms with E-state index in [1.54, 1.807) is 0 Å². The molecular weight excluding hydrogens is 244 g/mol. The zero-order chi connectivity index (χ0) is 13.1. The lowest BCUT2D eigenvalue weighted by Crippen LogP contribution is -2.36. The van der Waals surface area contributed by atoms with E-state index in [1.165, 1.54) is 6.92 Å². The maximum absolute atomic E-state index is 13.0. The topological polar surface area (TPSA) is 35.5 Å². The largest absolute Gasteiger partial charge is 0.502 e. The van der Waals surface area contributed by atoms with Crippen molar-refractivity contribution in [3.8, 4) is 5.75 Å². The Morgan fingerprint density at radius 3 is 2.24 bits per heavy atom. The molecule has 1 aromatic carbocycles. The van der Waals surface area contributed by atoms with E-state index in [9.17, 15) is 22.4 Å². The van der Waals surface area contributed by atoms with Crippen LogP contribution in [0.2, 0.25) is 0 Å². The van der Waals surface area contributed by atoms with E-state index < -0.39 is 29.5 Å². The molecule has 17 heavy (non-hydrogen) atoms. The van der Waals surface area contributed by atoms with Crippen molar-refractivity contribution >= 4 is 5.97 Å². The Kier molecular flexibility index (Phi) is 3.93. The minimum atomic E-state index is -4.30. The van der Waals surface area contributed by atoms with Crippen molar-refractivity contribution < 1.29 is 31.8 Å². The van der Waals surface area contributed by atoms with Gasteiger partial charge in [-0.15, -0.1) is 0 Å². The lowest BCUT2D eigenvalue weighted by molar-refractivity contribution is -0.216. The van der Waals surface area contributed by atoms with Gasteiger partial charge >= 0.3 is 12.1 Å². The number of rotatable bonds is 4. The number of alkyl halides is 2. The normalized spacial score (nSPS) is 11.1. The molecule has 0 aliphatic rings. The van der Waals surface area contributed by atoms with E-state index in [4.69, 9.17) is 0 Å². The molecule has 1 aromatic rings. The molecule has 1 rings (SSSR count). The highest BCUT2D eigenvalue weighted by Crippen LogP contribution is 2.24. The second-order valence-corrected chi connectivity index (χ2v) is 2.94. The quantitative estimate of drug-likeness (QED) is 0.610. The van der Waals surface area contributed by atoms with Crippen molar-refractivity contribution in [1.82, 2.24) is 0 Å². The van der Waals surface area contributed by atoms with E-state index in [1.807, 2.05) is 0 Å². The van der Waals surface area contributed by atoms with Crippen molar-refractivity contribution in [2.45, 2.75) is 13.0 Å². The summed E-state index contributed by atoms with van der Waals surface area (Å²) in [6, 6.07) is 1.53. The Labute approximate surface area is 93.9 Å². The first kappa shape index (κ1) is 13.3. The molecule has 0 radical (unpaired) electrons. The molecule has 3 nitrogen and oxygen atoms in total. The van der Waals surface area contributed by atoms with Gasteiger partial charge in [-0.25, -0.2) is 13.6 Å². The smallest absolute Gasteiger partial charge is 0.459 e. The van der Waals surface area contributed by atoms with Gasteiger partial charge in [0.05, 0.1) is 6.61 Å². The lowest BCUT2D eigenvalue weighted by Gasteiger charge is -2.15. The number of hydrogen-bond acceptors (Lipinski definition) is 3. The highest BCUT2D eigenvalue weighted by molar-refractivity contribution is 5.76. The van der Waals surface area contributed by atoms with Crippen LogP contribution in [0.5, 0.6) is 5.75 Å². The van der Waals surface area contributed by atoms with Crippen LogP contribution in [-0.4, -0.2) is 18.7 Å². The van der Waals surface area contributed by atoms with Gasteiger partial charge < -0.3 is 9.47 Å². The SMILES string of the molecule is CCOC(=O)C(F)(F)Oc1cc(F)cc(F)c1. The molecule has 0 atom stereocenters. The predicted octanol–water partition coefficient (Wildman–Crippen LogP) is 2.50. The Balaban J connectivity index is 2.85. The molecular formula is C10H8F4O3. The number of carbonyl (C=O) groups excluding carboxylic acids is 1. The van der Waals surface area contributed by atoms with Gasteiger partial charge in [0.15, 0.2) is 0 Å². The third kappa shape index (κ3) is 3.61. The van der Waals surface area contributed by atoms with Gasteiger partial charge in [-0.3, -0.25) is 0 Å². The van der Waals surface area contributed by atoms with E-state index in [0.29, 0.717) is 18.2 Å². The standard InChI is InChI=1S/C10H8F4O3/c1-2-16-9(15)10(13,14)17-8-4-6(11)3-7(12)5-8/h3-5H,2H2,1H3. The highest BCUT2D eigenvalue weighted by atomic mass is 19.3. The Hall–Kier alpha value is -1.79. The molecule has 7 heteroatoms. The van der Waals surface area contributed by atoms with Crippen LogP contribution in [0.3, 0.4) is 0 Å². The van der Waals surface area contributed by atoms with Gasteiger partial charge in [0, 0.05) is 18.2 Å². The summed E-state index contributed by atoms with van der Waals surface area (Å²) in [5.74, 6) is -4.93. The van der Waals surface area contributed by atoms with Crippen LogP contribution >= 0.6 is 0 Å². The van der Waals surface area contributed by atoms with E-state index >= 15 is 0 Å². The third-order valence-corrected chi connectivity index (χ3v) is 1.60. The van der Waals surface area contributed by atoms with Crippen LogP contribution in [0.25, 0.3) is 0 Å². The number of esters is 1. The molecule has 0 fully saturated rings. The number of benzene rings is 1. The first-order valence-electron chi connectivity index (χ1n) is 4.55. The molecule has 0 aliphatic heterocycles. The average molecular weight is 252 g/mol. The van der Waals surface area contributed by atoms with Crippen molar-refractivity contribution in [2.75, 3.05) is 6.61 Å². The minimum absolute atomic E-state index is 0.269. The predicted molar refractivity (Wildman–Crippen MR) is 48.6 cm³/mol. The number of ether oxygens (including phenoxy) is 2. The Morgan fingerprint density at radius 1 is 1.24 bits per heavy atom. The van der Waals surface area contributed by atoms with Crippen LogP contribution in [0.15, 0.2) is 18.2 Å². The molecule has 0 aromatic heterocycles. The fraction of sp³-hybridized carbons (Fsp3) is 0.300. The molecule has 0 heterocycles. The van der Waals surface area contributed by atoms with Gasteiger partial charge in [0.2, 0.25) is 0 Å². The van der Waals surface area contributed by atoms with Crippen molar-refractivity contribution in [3.63, 3.8) is 0 Å². The minimum Gasteiger partial charge on any atom is -0.459 e. The van der Waals surface area contributed by atoms with Crippen LogP contribution in [0.4, 0.5) is 17.6 Å². The molecule has 0 aliphatic carbocycles. The second kappa shape index (κ2) is 5.03. The molecule has 0 saturated heterocycles. The van der Waals surface area contributed by atoms with Crippen LogP contribution in [-0.2, 0) is 9.53 Å². The Morgan fingerprint density at radius 2 is 1.76 bits per heavy atom. The van der Waals surface area contributed by atoms with Crippen LogP contribution in [0.1, 0.15) is 6.92 Å².